The zero-order chi connectivity index (χ0) is 19.3. The Balaban J connectivity index is 1.27. The van der Waals surface area contributed by atoms with Gasteiger partial charge in [0.05, 0.1) is 5.52 Å². The lowest BCUT2D eigenvalue weighted by molar-refractivity contribution is -0.123. The Hall–Kier alpha value is -1.81. The molecule has 0 unspecified atom stereocenters. The monoisotopic (exact) mass is 399 g/mol. The number of carbonyl (C=O) groups is 1. The molecule has 0 atom stereocenters. The maximum atomic E-state index is 12.4. The lowest BCUT2D eigenvalue weighted by Crippen LogP contribution is -2.40. The van der Waals surface area contributed by atoms with Crippen LogP contribution in [0.2, 0.25) is 5.02 Å². The summed E-state index contributed by atoms with van der Waals surface area (Å²) >= 11 is 6.09. The van der Waals surface area contributed by atoms with E-state index in [0.717, 1.165) is 48.7 Å². The zero-order valence-electron chi connectivity index (χ0n) is 16.4. The van der Waals surface area contributed by atoms with Gasteiger partial charge in [0.2, 0.25) is 5.91 Å². The van der Waals surface area contributed by atoms with Crippen LogP contribution in [0.5, 0.6) is 0 Å². The third-order valence-corrected chi connectivity index (χ3v) is 6.59. The standard InChI is InChI=1S/C23H30ClN3O/c24-17-6-11-20-21(12-13-25-22(20)15-17)26-18-7-9-19(10-8-18)27-23(28)14-16-4-2-1-3-5-16/h6,11-13,15-16,18-19H,1-5,7-10,14H2,(H,25,26)(H,27,28)/t18-,19+. The van der Waals surface area contributed by atoms with E-state index < -0.39 is 0 Å². The van der Waals surface area contributed by atoms with Gasteiger partial charge in [-0.1, -0.05) is 30.9 Å². The van der Waals surface area contributed by atoms with E-state index in [9.17, 15) is 4.79 Å². The van der Waals surface area contributed by atoms with Crippen molar-refractivity contribution in [2.45, 2.75) is 76.3 Å². The zero-order valence-corrected chi connectivity index (χ0v) is 17.2. The average molecular weight is 400 g/mol. The Kier molecular flexibility index (Phi) is 6.36. The fourth-order valence-corrected chi connectivity index (χ4v) is 4.96. The number of aromatic nitrogens is 1. The van der Waals surface area contributed by atoms with Crippen molar-refractivity contribution >= 4 is 34.1 Å². The van der Waals surface area contributed by atoms with Gasteiger partial charge in [0.25, 0.3) is 0 Å². The minimum Gasteiger partial charge on any atom is -0.382 e. The average Bonchev–Trinajstić information content (AvgIpc) is 2.70. The van der Waals surface area contributed by atoms with Gasteiger partial charge in [-0.2, -0.15) is 0 Å². The number of fused-ring (bicyclic) bond motifs is 1. The Bertz CT molecular complexity index is 811. The van der Waals surface area contributed by atoms with Crippen LogP contribution in [-0.4, -0.2) is 23.0 Å². The van der Waals surface area contributed by atoms with Crippen molar-refractivity contribution in [3.63, 3.8) is 0 Å². The van der Waals surface area contributed by atoms with Crippen LogP contribution in [-0.2, 0) is 4.79 Å². The molecule has 2 aliphatic carbocycles. The van der Waals surface area contributed by atoms with E-state index in [1.165, 1.54) is 32.1 Å². The molecular weight excluding hydrogens is 370 g/mol. The molecule has 1 amide bonds. The number of benzene rings is 1. The number of halogens is 1. The van der Waals surface area contributed by atoms with Gasteiger partial charge in [-0.25, -0.2) is 0 Å². The van der Waals surface area contributed by atoms with Gasteiger partial charge < -0.3 is 10.6 Å². The molecule has 0 bridgehead atoms. The maximum absolute atomic E-state index is 12.4. The number of hydrogen-bond acceptors (Lipinski definition) is 3. The van der Waals surface area contributed by atoms with E-state index in [1.54, 1.807) is 0 Å². The number of amides is 1. The van der Waals surface area contributed by atoms with Crippen LogP contribution < -0.4 is 10.6 Å². The largest absolute Gasteiger partial charge is 0.382 e. The van der Waals surface area contributed by atoms with Crippen LogP contribution in [0.1, 0.15) is 64.2 Å². The number of rotatable bonds is 5. The molecule has 2 N–H and O–H groups in total. The number of pyridine rings is 1. The van der Waals surface area contributed by atoms with E-state index in [0.29, 0.717) is 23.0 Å². The van der Waals surface area contributed by atoms with Gasteiger partial charge in [-0.3, -0.25) is 9.78 Å². The van der Waals surface area contributed by atoms with Crippen LogP contribution in [0.15, 0.2) is 30.5 Å². The summed E-state index contributed by atoms with van der Waals surface area (Å²) in [6, 6.07) is 8.66. The van der Waals surface area contributed by atoms with Crippen LogP contribution >= 0.6 is 11.6 Å². The fourth-order valence-electron chi connectivity index (χ4n) is 4.79. The van der Waals surface area contributed by atoms with Crippen molar-refractivity contribution in [2.75, 3.05) is 5.32 Å². The molecule has 0 spiro atoms. The molecular formula is C23H30ClN3O. The lowest BCUT2D eigenvalue weighted by Gasteiger charge is -2.31. The fraction of sp³-hybridized carbons (Fsp3) is 0.565. The van der Waals surface area contributed by atoms with Crippen LogP contribution in [0.3, 0.4) is 0 Å². The van der Waals surface area contributed by atoms with Gasteiger partial charge in [0.1, 0.15) is 0 Å². The molecule has 1 aromatic carbocycles. The molecule has 2 fully saturated rings. The Morgan fingerprint density at radius 1 is 1.00 bits per heavy atom. The maximum Gasteiger partial charge on any atom is 0.220 e. The first-order valence-corrected chi connectivity index (χ1v) is 11.2. The molecule has 1 heterocycles. The predicted molar refractivity (Wildman–Crippen MR) is 116 cm³/mol. The second-order valence-electron chi connectivity index (χ2n) is 8.49. The first-order valence-electron chi connectivity index (χ1n) is 10.8. The van der Waals surface area contributed by atoms with E-state index in [4.69, 9.17) is 11.6 Å². The van der Waals surface area contributed by atoms with Crippen molar-refractivity contribution < 1.29 is 4.79 Å². The summed E-state index contributed by atoms with van der Waals surface area (Å²) in [5, 5.41) is 8.80. The summed E-state index contributed by atoms with van der Waals surface area (Å²) in [6.07, 6.45) is 13.2. The number of carbonyl (C=O) groups excluding carboxylic acids is 1. The molecule has 1 aromatic heterocycles. The number of anilines is 1. The number of hydrogen-bond donors (Lipinski definition) is 2. The predicted octanol–water partition coefficient (Wildman–Crippen LogP) is 5.70. The van der Waals surface area contributed by atoms with Gasteiger partial charge in [-0.05, 0) is 68.7 Å². The first kappa shape index (κ1) is 19.5. The van der Waals surface area contributed by atoms with Crippen molar-refractivity contribution in [3.05, 3.63) is 35.5 Å². The normalized spacial score (nSPS) is 23.5. The first-order chi connectivity index (χ1) is 13.7. The van der Waals surface area contributed by atoms with E-state index >= 15 is 0 Å². The smallest absolute Gasteiger partial charge is 0.220 e. The lowest BCUT2D eigenvalue weighted by atomic mass is 9.86. The highest BCUT2D eigenvalue weighted by Crippen LogP contribution is 2.29. The topological polar surface area (TPSA) is 54.0 Å². The Morgan fingerprint density at radius 2 is 1.75 bits per heavy atom. The number of nitrogens with zero attached hydrogens (tertiary/aromatic N) is 1. The molecule has 0 aliphatic heterocycles. The molecule has 2 aliphatic rings. The van der Waals surface area contributed by atoms with Crippen molar-refractivity contribution in [1.82, 2.24) is 10.3 Å². The summed E-state index contributed by atoms with van der Waals surface area (Å²) in [4.78, 5) is 16.8. The van der Waals surface area contributed by atoms with E-state index in [1.807, 2.05) is 30.5 Å². The van der Waals surface area contributed by atoms with Crippen molar-refractivity contribution in [1.29, 1.82) is 0 Å². The summed E-state index contributed by atoms with van der Waals surface area (Å²) in [5.41, 5.74) is 2.03. The summed E-state index contributed by atoms with van der Waals surface area (Å²) in [7, 11) is 0. The number of nitrogens with one attached hydrogen (secondary N) is 2. The minimum atomic E-state index is 0.264. The molecule has 4 rings (SSSR count). The van der Waals surface area contributed by atoms with Gasteiger partial charge in [0, 0.05) is 40.8 Å². The van der Waals surface area contributed by atoms with Gasteiger partial charge in [-0.15, -0.1) is 0 Å². The third kappa shape index (κ3) is 4.96. The summed E-state index contributed by atoms with van der Waals surface area (Å²) in [5.74, 6) is 0.876. The SMILES string of the molecule is O=C(CC1CCCCC1)N[C@H]1CC[C@@H](Nc2ccnc3cc(Cl)ccc23)CC1. The van der Waals surface area contributed by atoms with E-state index in [-0.39, 0.29) is 5.91 Å². The molecule has 5 heteroatoms. The second kappa shape index (κ2) is 9.13. The highest BCUT2D eigenvalue weighted by atomic mass is 35.5. The second-order valence-corrected chi connectivity index (χ2v) is 8.92. The molecule has 150 valence electrons. The third-order valence-electron chi connectivity index (χ3n) is 6.36. The van der Waals surface area contributed by atoms with Crippen molar-refractivity contribution in [3.8, 4) is 0 Å². The van der Waals surface area contributed by atoms with Crippen LogP contribution in [0.25, 0.3) is 10.9 Å². The highest BCUT2D eigenvalue weighted by Gasteiger charge is 2.24. The Morgan fingerprint density at radius 3 is 2.54 bits per heavy atom. The quantitative estimate of drug-likeness (QED) is 0.678. The summed E-state index contributed by atoms with van der Waals surface area (Å²) < 4.78 is 0. The van der Waals surface area contributed by atoms with Gasteiger partial charge >= 0.3 is 0 Å². The summed E-state index contributed by atoms with van der Waals surface area (Å²) in [6.45, 7) is 0. The Labute approximate surface area is 172 Å². The molecule has 2 saturated carbocycles. The van der Waals surface area contributed by atoms with Crippen molar-refractivity contribution in [2.24, 2.45) is 5.92 Å². The molecule has 4 nitrogen and oxygen atoms in total. The van der Waals surface area contributed by atoms with Crippen LogP contribution in [0, 0.1) is 5.92 Å². The minimum absolute atomic E-state index is 0.264. The highest BCUT2D eigenvalue weighted by molar-refractivity contribution is 6.31. The molecule has 2 aromatic rings. The van der Waals surface area contributed by atoms with Gasteiger partial charge in [0.15, 0.2) is 0 Å². The van der Waals surface area contributed by atoms with Crippen LogP contribution in [0.4, 0.5) is 5.69 Å². The van der Waals surface area contributed by atoms with E-state index in [2.05, 4.69) is 15.6 Å². The molecule has 0 radical (unpaired) electrons. The molecule has 28 heavy (non-hydrogen) atoms. The molecule has 0 saturated heterocycles.